The summed E-state index contributed by atoms with van der Waals surface area (Å²) < 4.78 is 33.9. The first-order valence-electron chi connectivity index (χ1n) is 4.93. The Bertz CT molecular complexity index is 525. The molecule has 1 aliphatic heterocycles. The van der Waals surface area contributed by atoms with Gasteiger partial charge in [0.1, 0.15) is 13.2 Å². The minimum absolute atomic E-state index is 0.00824. The van der Waals surface area contributed by atoms with E-state index < -0.39 is 15.8 Å². The lowest BCUT2D eigenvalue weighted by Crippen LogP contribution is -2.47. The number of aliphatic hydroxyl groups is 1. The number of rotatable bonds is 3. The van der Waals surface area contributed by atoms with Crippen LogP contribution in [0, 0.1) is 0 Å². The van der Waals surface area contributed by atoms with Crippen LogP contribution in [0.3, 0.4) is 0 Å². The zero-order valence-electron chi connectivity index (χ0n) is 9.16. The first-order chi connectivity index (χ1) is 7.86. The number of primary sulfonamides is 1. The Kier molecular flexibility index (Phi) is 2.86. The minimum atomic E-state index is -3.88. The van der Waals surface area contributed by atoms with Gasteiger partial charge in [-0.25, -0.2) is 18.2 Å². The summed E-state index contributed by atoms with van der Waals surface area (Å²) in [6.07, 6.45) is 1.09. The van der Waals surface area contributed by atoms with Crippen molar-refractivity contribution in [3.63, 3.8) is 0 Å². The van der Waals surface area contributed by atoms with Gasteiger partial charge in [-0.1, -0.05) is 0 Å². The van der Waals surface area contributed by atoms with E-state index in [1.165, 1.54) is 4.68 Å². The second-order valence-corrected chi connectivity index (χ2v) is 5.21. The summed E-state index contributed by atoms with van der Waals surface area (Å²) in [6, 6.07) is 0. The molecule has 2 rings (SSSR count). The Labute approximate surface area is 98.0 Å². The molecule has 1 atom stereocenters. The average Bonchev–Trinajstić information content (AvgIpc) is 2.59. The maximum absolute atomic E-state index is 11.2. The van der Waals surface area contributed by atoms with Gasteiger partial charge >= 0.3 is 0 Å². The number of hydrogen-bond acceptors (Lipinski definition) is 6. The molecule has 96 valence electrons. The SMILES string of the molecule is CCOC1(O)COc2c(S(N)(=O)=O)cnn2C1. The first kappa shape index (κ1) is 12.3. The van der Waals surface area contributed by atoms with Crippen molar-refractivity contribution in [2.45, 2.75) is 24.2 Å². The van der Waals surface area contributed by atoms with Gasteiger partial charge in [0.05, 0.1) is 6.20 Å². The third-order valence-corrected chi connectivity index (χ3v) is 3.20. The minimum Gasteiger partial charge on any atom is -0.471 e. The predicted octanol–water partition coefficient (Wildman–Crippen LogP) is -1.35. The molecule has 0 saturated heterocycles. The molecule has 0 radical (unpaired) electrons. The van der Waals surface area contributed by atoms with Crippen LogP contribution in [-0.4, -0.2) is 42.3 Å². The van der Waals surface area contributed by atoms with Gasteiger partial charge in [-0.05, 0) is 6.92 Å². The van der Waals surface area contributed by atoms with Gasteiger partial charge in [0.25, 0.3) is 0 Å². The molecule has 1 unspecified atom stereocenters. The predicted molar refractivity (Wildman–Crippen MR) is 55.7 cm³/mol. The third kappa shape index (κ3) is 2.27. The number of sulfonamides is 1. The third-order valence-electron chi connectivity index (χ3n) is 2.31. The summed E-state index contributed by atoms with van der Waals surface area (Å²) >= 11 is 0. The van der Waals surface area contributed by atoms with Crippen molar-refractivity contribution in [3.05, 3.63) is 6.20 Å². The van der Waals surface area contributed by atoms with Crippen LogP contribution in [0.1, 0.15) is 6.92 Å². The van der Waals surface area contributed by atoms with Crippen LogP contribution in [0.15, 0.2) is 11.1 Å². The monoisotopic (exact) mass is 263 g/mol. The van der Waals surface area contributed by atoms with Crippen LogP contribution < -0.4 is 9.88 Å². The largest absolute Gasteiger partial charge is 0.471 e. The second-order valence-electron chi connectivity index (χ2n) is 3.68. The van der Waals surface area contributed by atoms with Crippen molar-refractivity contribution >= 4 is 10.0 Å². The molecule has 3 N–H and O–H groups in total. The van der Waals surface area contributed by atoms with Gasteiger partial charge in [-0.15, -0.1) is 0 Å². The molecular weight excluding hydrogens is 250 g/mol. The molecule has 0 spiro atoms. The Hall–Kier alpha value is -1.16. The zero-order valence-corrected chi connectivity index (χ0v) is 9.98. The maximum Gasteiger partial charge on any atom is 0.245 e. The Morgan fingerprint density at radius 1 is 1.76 bits per heavy atom. The molecule has 0 aromatic carbocycles. The molecule has 17 heavy (non-hydrogen) atoms. The summed E-state index contributed by atoms with van der Waals surface area (Å²) in [6.45, 7) is 1.85. The summed E-state index contributed by atoms with van der Waals surface area (Å²) in [5, 5.41) is 18.7. The lowest BCUT2D eigenvalue weighted by molar-refractivity contribution is -0.237. The van der Waals surface area contributed by atoms with Crippen molar-refractivity contribution < 1.29 is 23.0 Å². The van der Waals surface area contributed by atoms with Crippen molar-refractivity contribution in [1.82, 2.24) is 9.78 Å². The van der Waals surface area contributed by atoms with Crippen molar-refractivity contribution in [1.29, 1.82) is 0 Å². The molecule has 0 saturated carbocycles. The molecule has 9 heteroatoms. The topological polar surface area (TPSA) is 117 Å². The average molecular weight is 263 g/mol. The summed E-state index contributed by atoms with van der Waals surface area (Å²) in [4.78, 5) is -0.198. The summed E-state index contributed by atoms with van der Waals surface area (Å²) in [5.74, 6) is -1.47. The molecule has 1 aliphatic rings. The van der Waals surface area contributed by atoms with E-state index in [0.29, 0.717) is 6.61 Å². The highest BCUT2D eigenvalue weighted by Crippen LogP contribution is 2.29. The molecule has 0 amide bonds. The van der Waals surface area contributed by atoms with Crippen molar-refractivity contribution in [2.75, 3.05) is 13.2 Å². The fourth-order valence-electron chi connectivity index (χ4n) is 1.63. The fourth-order valence-corrected chi connectivity index (χ4v) is 2.23. The highest BCUT2D eigenvalue weighted by Gasteiger charge is 2.37. The molecule has 0 bridgehead atoms. The maximum atomic E-state index is 11.2. The molecule has 0 aliphatic carbocycles. The van der Waals surface area contributed by atoms with Crippen LogP contribution in [0.5, 0.6) is 5.88 Å². The van der Waals surface area contributed by atoms with E-state index in [1.807, 2.05) is 0 Å². The van der Waals surface area contributed by atoms with Crippen LogP contribution in [0.4, 0.5) is 0 Å². The van der Waals surface area contributed by atoms with Gasteiger partial charge in [-0.2, -0.15) is 5.10 Å². The lowest BCUT2D eigenvalue weighted by Gasteiger charge is -2.32. The molecular formula is C8H13N3O5S. The van der Waals surface area contributed by atoms with E-state index in [0.717, 1.165) is 6.20 Å². The standard InChI is InChI=1S/C8H13N3O5S/c1-2-16-8(12)4-11-7(15-5-8)6(3-10-11)17(9,13)14/h3,12H,2,4-5H2,1H3,(H2,9,13,14). The number of fused-ring (bicyclic) bond motifs is 1. The van der Waals surface area contributed by atoms with Gasteiger partial charge in [0.15, 0.2) is 4.90 Å². The number of nitrogens with zero attached hydrogens (tertiary/aromatic N) is 2. The molecule has 2 heterocycles. The number of nitrogens with two attached hydrogens (primary N) is 1. The van der Waals surface area contributed by atoms with E-state index in [2.05, 4.69) is 5.10 Å². The Morgan fingerprint density at radius 2 is 2.47 bits per heavy atom. The van der Waals surface area contributed by atoms with E-state index in [1.54, 1.807) is 6.92 Å². The van der Waals surface area contributed by atoms with Gasteiger partial charge in [-0.3, -0.25) is 0 Å². The highest BCUT2D eigenvalue weighted by atomic mass is 32.2. The van der Waals surface area contributed by atoms with E-state index in [-0.39, 0.29) is 23.9 Å². The van der Waals surface area contributed by atoms with E-state index >= 15 is 0 Å². The van der Waals surface area contributed by atoms with Crippen LogP contribution in [0.25, 0.3) is 0 Å². The summed E-state index contributed by atoms with van der Waals surface area (Å²) in [7, 11) is -3.88. The lowest BCUT2D eigenvalue weighted by atomic mass is 10.3. The molecule has 1 aromatic rings. The smallest absolute Gasteiger partial charge is 0.245 e. The molecule has 0 fully saturated rings. The Balaban J connectivity index is 2.34. The quantitative estimate of drug-likeness (QED) is 0.651. The van der Waals surface area contributed by atoms with Gasteiger partial charge < -0.3 is 14.6 Å². The normalized spacial score (nSPS) is 24.2. The fraction of sp³-hybridized carbons (Fsp3) is 0.625. The van der Waals surface area contributed by atoms with E-state index in [9.17, 15) is 13.5 Å². The summed E-state index contributed by atoms with van der Waals surface area (Å²) in [5.41, 5.74) is 0. The Morgan fingerprint density at radius 3 is 3.06 bits per heavy atom. The van der Waals surface area contributed by atoms with Gasteiger partial charge in [0.2, 0.25) is 21.7 Å². The van der Waals surface area contributed by atoms with Crippen LogP contribution in [-0.2, 0) is 21.3 Å². The van der Waals surface area contributed by atoms with Crippen LogP contribution in [0.2, 0.25) is 0 Å². The van der Waals surface area contributed by atoms with Crippen LogP contribution >= 0.6 is 0 Å². The number of ether oxygens (including phenoxy) is 2. The molecule has 8 nitrogen and oxygen atoms in total. The first-order valence-corrected chi connectivity index (χ1v) is 6.48. The zero-order chi connectivity index (χ0) is 12.7. The van der Waals surface area contributed by atoms with Crippen molar-refractivity contribution in [2.24, 2.45) is 5.14 Å². The van der Waals surface area contributed by atoms with Gasteiger partial charge in [0, 0.05) is 6.61 Å². The number of aromatic nitrogens is 2. The van der Waals surface area contributed by atoms with E-state index in [4.69, 9.17) is 14.6 Å². The highest BCUT2D eigenvalue weighted by molar-refractivity contribution is 7.89. The second kappa shape index (κ2) is 3.95. The molecule has 1 aromatic heterocycles. The number of hydrogen-bond donors (Lipinski definition) is 2. The van der Waals surface area contributed by atoms with Crippen molar-refractivity contribution in [3.8, 4) is 5.88 Å².